The van der Waals surface area contributed by atoms with Crippen LogP contribution < -0.4 is 4.74 Å². The van der Waals surface area contributed by atoms with Crippen molar-refractivity contribution in [3.8, 4) is 11.5 Å². The molecule has 1 N–H and O–H groups in total. The molecule has 2 aromatic carbocycles. The highest BCUT2D eigenvalue weighted by molar-refractivity contribution is 6.30. The Balaban J connectivity index is 2.05. The Morgan fingerprint density at radius 3 is 2.22 bits per heavy atom. The van der Waals surface area contributed by atoms with E-state index in [2.05, 4.69) is 9.47 Å². The lowest BCUT2D eigenvalue weighted by Crippen LogP contribution is -2.30. The lowest BCUT2D eigenvalue weighted by molar-refractivity contribution is -0.151. The van der Waals surface area contributed by atoms with E-state index in [1.165, 1.54) is 31.4 Å². The second kappa shape index (κ2) is 9.01. The average molecular weight is 440 g/mol. The number of Topliss-reactive ketones (excluding diaryl/α,β-unsaturated/α-hetero) is 1. The highest BCUT2D eigenvalue weighted by Gasteiger charge is 2.37. The van der Waals surface area contributed by atoms with Crippen LogP contribution in [0.2, 0.25) is 0 Å². The summed E-state index contributed by atoms with van der Waals surface area (Å²) in [5, 5.41) is 10.9. The molecule has 1 aliphatic carbocycles. The fourth-order valence-corrected chi connectivity index (χ4v) is 3.64. The lowest BCUT2D eigenvalue weighted by Gasteiger charge is -2.22. The molecular weight excluding hydrogens is 420 g/mol. The Hall–Kier alpha value is -4.01. The molecule has 0 saturated heterocycles. The largest absolute Gasteiger partial charge is 0.507 e. The number of methoxy groups -OCH3 is 3. The summed E-state index contributed by atoms with van der Waals surface area (Å²) in [6.07, 6.45) is -1.01. The molecule has 1 atom stereocenters. The third kappa shape index (κ3) is 3.84. The molecule has 32 heavy (non-hydrogen) atoms. The molecule has 0 saturated carbocycles. The van der Waals surface area contributed by atoms with Crippen molar-refractivity contribution in [1.29, 1.82) is 0 Å². The number of hydrogen-bond donors (Lipinski definition) is 1. The molecule has 1 aliphatic rings. The number of phenolic OH excluding ortho intramolecular Hbond substituents is 1. The minimum absolute atomic E-state index is 0.00694. The quantitative estimate of drug-likeness (QED) is 0.430. The van der Waals surface area contributed by atoms with E-state index in [4.69, 9.17) is 4.74 Å². The summed E-state index contributed by atoms with van der Waals surface area (Å²) in [6, 6.07) is 7.30. The van der Waals surface area contributed by atoms with Gasteiger partial charge in [-0.1, -0.05) is 18.2 Å². The topological polar surface area (TPSA) is 133 Å². The summed E-state index contributed by atoms with van der Waals surface area (Å²) in [4.78, 5) is 62.2. The lowest BCUT2D eigenvalue weighted by atomic mass is 9.81. The van der Waals surface area contributed by atoms with Crippen LogP contribution in [0, 0.1) is 5.92 Å². The summed E-state index contributed by atoms with van der Waals surface area (Å²) < 4.78 is 14.3. The van der Waals surface area contributed by atoms with E-state index >= 15 is 0 Å². The molecular formula is C23H20O9. The monoisotopic (exact) mass is 440 g/mol. The van der Waals surface area contributed by atoms with Crippen LogP contribution in [0.5, 0.6) is 11.5 Å². The SMILES string of the molecule is COC(=O)CC(=O)C(Cc1ccc2c(c1O)C(=O)c1c(OC)cccc1C2=O)C(=O)OC. The second-order valence-electron chi connectivity index (χ2n) is 7.04. The van der Waals surface area contributed by atoms with Crippen molar-refractivity contribution in [3.63, 3.8) is 0 Å². The summed E-state index contributed by atoms with van der Waals surface area (Å²) in [5.74, 6) is -5.37. The number of fused-ring (bicyclic) bond motifs is 2. The van der Waals surface area contributed by atoms with Gasteiger partial charge < -0.3 is 19.3 Å². The van der Waals surface area contributed by atoms with Crippen LogP contribution in [0.25, 0.3) is 0 Å². The van der Waals surface area contributed by atoms with Crippen LogP contribution >= 0.6 is 0 Å². The fourth-order valence-electron chi connectivity index (χ4n) is 3.64. The number of carbonyl (C=O) groups is 5. The van der Waals surface area contributed by atoms with Gasteiger partial charge in [0.1, 0.15) is 23.8 Å². The number of rotatable bonds is 7. The van der Waals surface area contributed by atoms with Crippen molar-refractivity contribution in [1.82, 2.24) is 0 Å². The van der Waals surface area contributed by atoms with Gasteiger partial charge in [0.05, 0.1) is 32.5 Å². The minimum atomic E-state index is -1.42. The first-order valence-electron chi connectivity index (χ1n) is 9.53. The maximum atomic E-state index is 13.2. The van der Waals surface area contributed by atoms with Crippen molar-refractivity contribution < 1.29 is 43.3 Å². The van der Waals surface area contributed by atoms with Gasteiger partial charge in [-0.25, -0.2) is 0 Å². The Bertz CT molecular complexity index is 1150. The predicted molar refractivity (Wildman–Crippen MR) is 109 cm³/mol. The van der Waals surface area contributed by atoms with Crippen molar-refractivity contribution in [2.45, 2.75) is 12.8 Å². The number of hydrogen-bond acceptors (Lipinski definition) is 9. The molecule has 0 heterocycles. The Morgan fingerprint density at radius 1 is 0.906 bits per heavy atom. The zero-order chi connectivity index (χ0) is 23.6. The Kier molecular flexibility index (Phi) is 6.38. The summed E-state index contributed by atoms with van der Waals surface area (Å²) in [5.41, 5.74) is -0.0150. The predicted octanol–water partition coefficient (Wildman–Crippen LogP) is 1.64. The minimum Gasteiger partial charge on any atom is -0.507 e. The van der Waals surface area contributed by atoms with E-state index in [0.717, 1.165) is 14.2 Å². The van der Waals surface area contributed by atoms with Gasteiger partial charge in [0.15, 0.2) is 11.6 Å². The van der Waals surface area contributed by atoms with Crippen LogP contribution in [0.4, 0.5) is 0 Å². The molecule has 1 unspecified atom stereocenters. The third-order valence-corrected chi connectivity index (χ3v) is 5.30. The second-order valence-corrected chi connectivity index (χ2v) is 7.04. The highest BCUT2D eigenvalue weighted by atomic mass is 16.5. The van der Waals surface area contributed by atoms with Crippen LogP contribution in [0.15, 0.2) is 30.3 Å². The molecule has 0 radical (unpaired) electrons. The molecule has 2 aromatic rings. The molecule has 0 spiro atoms. The van der Waals surface area contributed by atoms with Crippen molar-refractivity contribution in [3.05, 3.63) is 58.1 Å². The van der Waals surface area contributed by atoms with Gasteiger partial charge in [-0.2, -0.15) is 0 Å². The molecule has 9 nitrogen and oxygen atoms in total. The van der Waals surface area contributed by atoms with Crippen molar-refractivity contribution in [2.24, 2.45) is 5.92 Å². The van der Waals surface area contributed by atoms with Gasteiger partial charge in [-0.15, -0.1) is 0 Å². The van der Waals surface area contributed by atoms with Crippen LogP contribution in [0.1, 0.15) is 43.8 Å². The first-order chi connectivity index (χ1) is 15.2. The number of ether oxygens (including phenoxy) is 3. The molecule has 3 rings (SSSR count). The fraction of sp³-hybridized carbons (Fsp3) is 0.261. The van der Waals surface area contributed by atoms with Gasteiger partial charge in [-0.3, -0.25) is 24.0 Å². The van der Waals surface area contributed by atoms with Crippen LogP contribution in [0.3, 0.4) is 0 Å². The maximum absolute atomic E-state index is 13.2. The Labute approximate surface area is 182 Å². The summed E-state index contributed by atoms with van der Waals surface area (Å²) in [7, 11) is 3.54. The zero-order valence-electron chi connectivity index (χ0n) is 17.6. The maximum Gasteiger partial charge on any atom is 0.316 e. The molecule has 0 aromatic heterocycles. The molecule has 0 amide bonds. The number of carbonyl (C=O) groups excluding carboxylic acids is 5. The van der Waals surface area contributed by atoms with Gasteiger partial charge in [0.25, 0.3) is 0 Å². The number of benzene rings is 2. The molecule has 0 aliphatic heterocycles. The van der Waals surface area contributed by atoms with E-state index in [0.29, 0.717) is 0 Å². The first-order valence-corrected chi connectivity index (χ1v) is 9.53. The Morgan fingerprint density at radius 2 is 1.59 bits per heavy atom. The summed E-state index contributed by atoms with van der Waals surface area (Å²) in [6.45, 7) is 0. The average Bonchev–Trinajstić information content (AvgIpc) is 2.80. The number of phenols is 1. The van der Waals surface area contributed by atoms with E-state index < -0.39 is 47.4 Å². The van der Waals surface area contributed by atoms with E-state index in [9.17, 15) is 29.1 Å². The summed E-state index contributed by atoms with van der Waals surface area (Å²) >= 11 is 0. The highest BCUT2D eigenvalue weighted by Crippen LogP contribution is 2.39. The van der Waals surface area contributed by atoms with Crippen LogP contribution in [-0.4, -0.2) is 55.7 Å². The smallest absolute Gasteiger partial charge is 0.316 e. The van der Waals surface area contributed by atoms with Gasteiger partial charge in [-0.05, 0) is 24.1 Å². The van der Waals surface area contributed by atoms with E-state index in [-0.39, 0.29) is 40.0 Å². The molecule has 0 bridgehead atoms. The van der Waals surface area contributed by atoms with Gasteiger partial charge in [0, 0.05) is 11.1 Å². The van der Waals surface area contributed by atoms with Gasteiger partial charge >= 0.3 is 11.9 Å². The van der Waals surface area contributed by atoms with Crippen molar-refractivity contribution in [2.75, 3.05) is 21.3 Å². The van der Waals surface area contributed by atoms with Crippen molar-refractivity contribution >= 4 is 29.3 Å². The van der Waals surface area contributed by atoms with E-state index in [1.54, 1.807) is 6.07 Å². The number of esters is 2. The first kappa shape index (κ1) is 22.7. The van der Waals surface area contributed by atoms with Gasteiger partial charge in [0.2, 0.25) is 5.78 Å². The molecule has 9 heteroatoms. The third-order valence-electron chi connectivity index (χ3n) is 5.30. The standard InChI is InChI=1S/C23H20O9/c1-30-16-6-4-5-12-18(16)22(28)19-13(21(12)27)8-7-11(20(19)26)9-14(23(29)32-3)15(24)10-17(25)31-2/h4-8,14,26H,9-10H2,1-3H3. The number of ketones is 3. The van der Waals surface area contributed by atoms with Crippen LogP contribution in [-0.2, 0) is 30.3 Å². The normalized spacial score (nSPS) is 13.0. The zero-order valence-corrected chi connectivity index (χ0v) is 17.6. The molecule has 166 valence electrons. The molecule has 0 fully saturated rings. The van der Waals surface area contributed by atoms with E-state index in [1.807, 2.05) is 0 Å². The number of aromatic hydroxyl groups is 1.